The minimum atomic E-state index is -0.391. The van der Waals surface area contributed by atoms with Crippen LogP contribution >= 0.6 is 27.5 Å². The molecule has 0 saturated carbocycles. The zero-order valence-electron chi connectivity index (χ0n) is 15.2. The zero-order chi connectivity index (χ0) is 19.9. The van der Waals surface area contributed by atoms with Gasteiger partial charge in [0.2, 0.25) is 0 Å². The number of halogens is 3. The van der Waals surface area contributed by atoms with Crippen molar-refractivity contribution in [2.24, 2.45) is 5.10 Å². The first kappa shape index (κ1) is 20.9. The molecular formula is C20H21BrClFN4O. The molecule has 28 heavy (non-hydrogen) atoms. The Balaban J connectivity index is 1.40. The molecule has 1 saturated heterocycles. The van der Waals surface area contributed by atoms with Gasteiger partial charge in [0.05, 0.1) is 12.8 Å². The van der Waals surface area contributed by atoms with Gasteiger partial charge >= 0.3 is 0 Å². The number of rotatable bonds is 6. The molecule has 5 nitrogen and oxygen atoms in total. The number of piperazine rings is 1. The molecule has 1 fully saturated rings. The first-order valence-electron chi connectivity index (χ1n) is 8.96. The van der Waals surface area contributed by atoms with Gasteiger partial charge in [-0.15, -0.1) is 0 Å². The Bertz CT molecular complexity index is 839. The first-order valence-corrected chi connectivity index (χ1v) is 10.1. The minimum absolute atomic E-state index is 0.210. The van der Waals surface area contributed by atoms with E-state index in [4.69, 9.17) is 11.6 Å². The number of carbonyl (C=O) groups is 1. The SMILES string of the molecule is O=C(CN1CCN(Cc2ccc(Cl)cc2)CC1)NN=Cc1cc(Br)ccc1F. The number of benzene rings is 2. The van der Waals surface area contributed by atoms with E-state index in [1.54, 1.807) is 12.1 Å². The molecule has 3 rings (SSSR count). The van der Waals surface area contributed by atoms with Crippen molar-refractivity contribution in [1.82, 2.24) is 15.2 Å². The van der Waals surface area contributed by atoms with E-state index in [-0.39, 0.29) is 12.5 Å². The van der Waals surface area contributed by atoms with Crippen LogP contribution in [-0.2, 0) is 11.3 Å². The van der Waals surface area contributed by atoms with Crippen molar-refractivity contribution in [3.8, 4) is 0 Å². The van der Waals surface area contributed by atoms with Gasteiger partial charge in [0.15, 0.2) is 0 Å². The van der Waals surface area contributed by atoms with Crippen molar-refractivity contribution in [2.75, 3.05) is 32.7 Å². The first-order chi connectivity index (χ1) is 13.5. The van der Waals surface area contributed by atoms with E-state index in [1.165, 1.54) is 17.8 Å². The van der Waals surface area contributed by atoms with Gasteiger partial charge in [-0.05, 0) is 35.9 Å². The van der Waals surface area contributed by atoms with E-state index < -0.39 is 5.82 Å². The van der Waals surface area contributed by atoms with Crippen molar-refractivity contribution in [3.05, 3.63) is 68.9 Å². The highest BCUT2D eigenvalue weighted by Crippen LogP contribution is 2.14. The van der Waals surface area contributed by atoms with Crippen LogP contribution in [0.4, 0.5) is 4.39 Å². The van der Waals surface area contributed by atoms with Crippen molar-refractivity contribution >= 4 is 39.7 Å². The van der Waals surface area contributed by atoms with Gasteiger partial charge < -0.3 is 0 Å². The fraction of sp³-hybridized carbons (Fsp3) is 0.300. The maximum atomic E-state index is 13.6. The second kappa shape index (κ2) is 10.1. The highest BCUT2D eigenvalue weighted by Gasteiger charge is 2.18. The molecule has 0 bridgehead atoms. The summed E-state index contributed by atoms with van der Waals surface area (Å²) in [6.45, 7) is 4.55. The van der Waals surface area contributed by atoms with Gasteiger partial charge in [-0.25, -0.2) is 9.82 Å². The summed E-state index contributed by atoms with van der Waals surface area (Å²) in [5, 5.41) is 4.59. The molecule has 0 aliphatic carbocycles. The summed E-state index contributed by atoms with van der Waals surface area (Å²) < 4.78 is 14.4. The monoisotopic (exact) mass is 466 g/mol. The van der Waals surface area contributed by atoms with Crippen molar-refractivity contribution in [3.63, 3.8) is 0 Å². The molecule has 1 amide bonds. The Kier molecular flexibility index (Phi) is 7.56. The highest BCUT2D eigenvalue weighted by atomic mass is 79.9. The molecule has 8 heteroatoms. The zero-order valence-corrected chi connectivity index (χ0v) is 17.6. The molecule has 1 heterocycles. The summed E-state index contributed by atoms with van der Waals surface area (Å²) >= 11 is 9.20. The summed E-state index contributed by atoms with van der Waals surface area (Å²) in [5.74, 6) is -0.601. The Labute approximate surface area is 177 Å². The summed E-state index contributed by atoms with van der Waals surface area (Å²) in [7, 11) is 0. The van der Waals surface area contributed by atoms with Crippen molar-refractivity contribution in [1.29, 1.82) is 0 Å². The average molecular weight is 468 g/mol. The minimum Gasteiger partial charge on any atom is -0.297 e. The van der Waals surface area contributed by atoms with Crippen LogP contribution in [0.3, 0.4) is 0 Å². The maximum Gasteiger partial charge on any atom is 0.254 e. The van der Waals surface area contributed by atoms with E-state index in [1.807, 2.05) is 24.3 Å². The van der Waals surface area contributed by atoms with Crippen LogP contribution in [0, 0.1) is 5.82 Å². The average Bonchev–Trinajstić information content (AvgIpc) is 2.68. The van der Waals surface area contributed by atoms with Crippen molar-refractivity contribution < 1.29 is 9.18 Å². The van der Waals surface area contributed by atoms with Crippen LogP contribution in [-0.4, -0.2) is 54.6 Å². The van der Waals surface area contributed by atoms with Crippen LogP contribution in [0.1, 0.15) is 11.1 Å². The Morgan fingerprint density at radius 3 is 2.54 bits per heavy atom. The van der Waals surface area contributed by atoms with E-state index >= 15 is 0 Å². The van der Waals surface area contributed by atoms with Gasteiger partial charge in [-0.2, -0.15) is 5.10 Å². The molecule has 0 unspecified atom stereocenters. The third kappa shape index (κ3) is 6.38. The number of nitrogens with zero attached hydrogens (tertiary/aromatic N) is 3. The van der Waals surface area contributed by atoms with E-state index in [0.717, 1.165) is 42.2 Å². The summed E-state index contributed by atoms with van der Waals surface area (Å²) in [5.41, 5.74) is 4.00. The predicted octanol–water partition coefficient (Wildman–Crippen LogP) is 3.51. The second-order valence-electron chi connectivity index (χ2n) is 6.64. The van der Waals surface area contributed by atoms with Crippen LogP contribution < -0.4 is 5.43 Å². The molecule has 0 radical (unpaired) electrons. The van der Waals surface area contributed by atoms with Crippen molar-refractivity contribution in [2.45, 2.75) is 6.54 Å². The van der Waals surface area contributed by atoms with E-state index in [2.05, 4.69) is 36.3 Å². The third-order valence-electron chi connectivity index (χ3n) is 4.50. The summed E-state index contributed by atoms with van der Waals surface area (Å²) in [6, 6.07) is 12.4. The number of hydrazone groups is 1. The standard InChI is InChI=1S/C20H21BrClFN4O/c21-17-3-6-19(23)16(11-17)12-24-25-20(28)14-27-9-7-26(8-10-27)13-15-1-4-18(22)5-2-15/h1-6,11-12H,7-10,13-14H2,(H,25,28). The van der Waals surface area contributed by atoms with Gasteiger partial charge in [0.25, 0.3) is 5.91 Å². The van der Waals surface area contributed by atoms with E-state index in [0.29, 0.717) is 5.56 Å². The lowest BCUT2D eigenvalue weighted by Gasteiger charge is -2.34. The van der Waals surface area contributed by atoms with Crippen LogP contribution in [0.15, 0.2) is 52.0 Å². The smallest absolute Gasteiger partial charge is 0.254 e. The topological polar surface area (TPSA) is 47.9 Å². The molecule has 0 atom stereocenters. The third-order valence-corrected chi connectivity index (χ3v) is 5.25. The fourth-order valence-electron chi connectivity index (χ4n) is 2.98. The molecular weight excluding hydrogens is 447 g/mol. The second-order valence-corrected chi connectivity index (χ2v) is 7.99. The van der Waals surface area contributed by atoms with E-state index in [9.17, 15) is 9.18 Å². The van der Waals surface area contributed by atoms with Gasteiger partial charge in [0.1, 0.15) is 5.82 Å². The predicted molar refractivity (Wildman–Crippen MR) is 113 cm³/mol. The normalized spacial score (nSPS) is 15.8. The molecule has 2 aromatic rings. The highest BCUT2D eigenvalue weighted by molar-refractivity contribution is 9.10. The number of carbonyl (C=O) groups excluding carboxylic acids is 1. The Morgan fingerprint density at radius 2 is 1.82 bits per heavy atom. The maximum absolute atomic E-state index is 13.6. The molecule has 1 aliphatic heterocycles. The fourth-order valence-corrected chi connectivity index (χ4v) is 3.48. The molecule has 1 aliphatic rings. The van der Waals surface area contributed by atoms with Crippen LogP contribution in [0.2, 0.25) is 5.02 Å². The van der Waals surface area contributed by atoms with Crippen LogP contribution in [0.25, 0.3) is 0 Å². The Morgan fingerprint density at radius 1 is 1.14 bits per heavy atom. The van der Waals surface area contributed by atoms with Crippen LogP contribution in [0.5, 0.6) is 0 Å². The largest absolute Gasteiger partial charge is 0.297 e. The Hall–Kier alpha value is -1.80. The molecule has 148 valence electrons. The number of hydrogen-bond donors (Lipinski definition) is 1. The molecule has 1 N–H and O–H groups in total. The van der Waals surface area contributed by atoms with Gasteiger partial charge in [0, 0.05) is 47.8 Å². The molecule has 2 aromatic carbocycles. The quantitative estimate of drug-likeness (QED) is 0.522. The lowest BCUT2D eigenvalue weighted by Crippen LogP contribution is -2.48. The molecule has 0 spiro atoms. The number of nitrogens with one attached hydrogen (secondary N) is 1. The van der Waals surface area contributed by atoms with Gasteiger partial charge in [-0.3, -0.25) is 14.6 Å². The lowest BCUT2D eigenvalue weighted by molar-refractivity contribution is -0.122. The summed E-state index contributed by atoms with van der Waals surface area (Å²) in [4.78, 5) is 16.5. The number of hydrogen-bond acceptors (Lipinski definition) is 4. The summed E-state index contributed by atoms with van der Waals surface area (Å²) in [6.07, 6.45) is 1.31. The lowest BCUT2D eigenvalue weighted by atomic mass is 10.2. The molecule has 0 aromatic heterocycles. The van der Waals surface area contributed by atoms with Gasteiger partial charge in [-0.1, -0.05) is 39.7 Å². The number of amides is 1.